The number of carboxylic acid groups (broad SMARTS) is 1. The lowest BCUT2D eigenvalue weighted by atomic mass is 10.0. The van der Waals surface area contributed by atoms with Crippen molar-refractivity contribution in [1.29, 1.82) is 5.41 Å². The zero-order valence-corrected chi connectivity index (χ0v) is 19.1. The van der Waals surface area contributed by atoms with E-state index >= 15 is 0 Å². The van der Waals surface area contributed by atoms with Crippen molar-refractivity contribution < 1.29 is 28.0 Å². The van der Waals surface area contributed by atoms with Crippen LogP contribution in [0.2, 0.25) is 0 Å². The molecule has 12 heteroatoms. The number of benzene rings is 2. The van der Waals surface area contributed by atoms with Gasteiger partial charge in [-0.25, -0.2) is 8.42 Å². The number of nitrogens with zero attached hydrogens (tertiary/aromatic N) is 1. The molecule has 0 aliphatic carbocycles. The molecule has 6 N–H and O–H groups in total. The number of carbonyl (C=O) groups excluding carboxylic acids is 1. The third-order valence-electron chi connectivity index (χ3n) is 5.11. The molecule has 0 saturated carbocycles. The van der Waals surface area contributed by atoms with Gasteiger partial charge in [-0.3, -0.25) is 15.0 Å². The molecule has 0 radical (unpaired) electrons. The van der Waals surface area contributed by atoms with Crippen LogP contribution in [0.25, 0.3) is 0 Å². The van der Waals surface area contributed by atoms with Crippen LogP contribution in [0.5, 0.6) is 0 Å². The van der Waals surface area contributed by atoms with Crippen molar-refractivity contribution in [3.05, 3.63) is 65.2 Å². The quantitative estimate of drug-likeness (QED) is 0.241. The zero-order chi connectivity index (χ0) is 24.9. The van der Waals surface area contributed by atoms with Crippen molar-refractivity contribution in [2.45, 2.75) is 36.8 Å². The molecule has 2 aromatic rings. The SMILES string of the molecule is Cc1ccc(S(=O)(=O)NC(CNC(=O)CC2CC(c3ccc(C(=N)N)cc3)=NO2)C(=O)O)cc1. The minimum atomic E-state index is -4.08. The van der Waals surface area contributed by atoms with E-state index in [0.29, 0.717) is 17.7 Å². The van der Waals surface area contributed by atoms with Crippen molar-refractivity contribution in [2.75, 3.05) is 6.54 Å². The zero-order valence-electron chi connectivity index (χ0n) is 18.3. The summed E-state index contributed by atoms with van der Waals surface area (Å²) in [6, 6.07) is 11.3. The van der Waals surface area contributed by atoms with E-state index in [1.807, 2.05) is 0 Å². The minimum Gasteiger partial charge on any atom is -0.480 e. The molecule has 2 unspecified atom stereocenters. The molecule has 2 atom stereocenters. The van der Waals surface area contributed by atoms with Gasteiger partial charge >= 0.3 is 5.97 Å². The minimum absolute atomic E-state index is 0.0495. The molecule has 0 aromatic heterocycles. The number of sulfonamides is 1. The fraction of sp³-hybridized carbons (Fsp3) is 0.273. The van der Waals surface area contributed by atoms with Gasteiger partial charge in [0.1, 0.15) is 18.0 Å². The summed E-state index contributed by atoms with van der Waals surface area (Å²) in [7, 11) is -4.08. The summed E-state index contributed by atoms with van der Waals surface area (Å²) in [4.78, 5) is 29.1. The van der Waals surface area contributed by atoms with Gasteiger partial charge in [0, 0.05) is 18.5 Å². The van der Waals surface area contributed by atoms with Gasteiger partial charge in [0.2, 0.25) is 15.9 Å². The maximum atomic E-state index is 12.5. The van der Waals surface area contributed by atoms with E-state index in [2.05, 4.69) is 15.2 Å². The number of carbonyl (C=O) groups is 2. The van der Waals surface area contributed by atoms with Crippen LogP contribution in [0, 0.1) is 12.3 Å². The average molecular weight is 488 g/mol. The number of nitrogens with one attached hydrogen (secondary N) is 3. The molecule has 1 heterocycles. The Morgan fingerprint density at radius 3 is 2.44 bits per heavy atom. The van der Waals surface area contributed by atoms with Crippen LogP contribution in [0.4, 0.5) is 0 Å². The number of amidine groups is 1. The van der Waals surface area contributed by atoms with Crippen LogP contribution in [0.15, 0.2) is 58.6 Å². The first-order chi connectivity index (χ1) is 16.0. The second kappa shape index (κ2) is 10.4. The molecule has 1 aliphatic rings. The third kappa shape index (κ3) is 6.39. The lowest BCUT2D eigenvalue weighted by Gasteiger charge is -2.16. The number of hydrogen-bond donors (Lipinski definition) is 5. The van der Waals surface area contributed by atoms with E-state index in [-0.39, 0.29) is 17.2 Å². The number of carboxylic acids is 1. The number of rotatable bonds is 10. The predicted octanol–water partition coefficient (Wildman–Crippen LogP) is 0.710. The molecule has 34 heavy (non-hydrogen) atoms. The largest absolute Gasteiger partial charge is 0.480 e. The number of nitrogen functional groups attached to an aromatic ring is 1. The highest BCUT2D eigenvalue weighted by atomic mass is 32.2. The number of oxime groups is 1. The Morgan fingerprint density at radius 2 is 1.85 bits per heavy atom. The summed E-state index contributed by atoms with van der Waals surface area (Å²) in [5.74, 6) is -1.98. The second-order valence-corrected chi connectivity index (χ2v) is 9.51. The predicted molar refractivity (Wildman–Crippen MR) is 124 cm³/mol. The highest BCUT2D eigenvalue weighted by molar-refractivity contribution is 7.89. The first kappa shape index (κ1) is 24.9. The summed E-state index contributed by atoms with van der Waals surface area (Å²) in [6.45, 7) is 1.36. The normalized spacial score (nSPS) is 16.3. The van der Waals surface area contributed by atoms with Crippen LogP contribution in [0.1, 0.15) is 29.5 Å². The summed E-state index contributed by atoms with van der Waals surface area (Å²) >= 11 is 0. The molecule has 1 amide bonds. The molecule has 0 fully saturated rings. The van der Waals surface area contributed by atoms with Crippen LogP contribution < -0.4 is 15.8 Å². The number of hydrogen-bond acceptors (Lipinski definition) is 7. The van der Waals surface area contributed by atoms with Gasteiger partial charge in [0.15, 0.2) is 0 Å². The number of aliphatic carboxylic acids is 1. The van der Waals surface area contributed by atoms with Gasteiger partial charge in [-0.05, 0) is 24.6 Å². The Morgan fingerprint density at radius 1 is 1.21 bits per heavy atom. The molecule has 180 valence electrons. The average Bonchev–Trinajstić information content (AvgIpc) is 3.25. The standard InChI is InChI=1S/C22H25N5O6S/c1-13-2-8-17(9-3-13)34(31,32)27-19(22(29)30)12-25-20(28)11-16-10-18(26-33-16)14-4-6-15(7-5-14)21(23)24/h2-9,16,19,27H,10-12H2,1H3,(H3,23,24)(H,25,28)(H,29,30). The van der Waals surface area contributed by atoms with E-state index in [1.54, 1.807) is 43.3 Å². The first-order valence-corrected chi connectivity index (χ1v) is 11.8. The monoisotopic (exact) mass is 487 g/mol. The van der Waals surface area contributed by atoms with Crippen molar-refractivity contribution in [1.82, 2.24) is 10.0 Å². The first-order valence-electron chi connectivity index (χ1n) is 10.3. The molecule has 0 spiro atoms. The van der Waals surface area contributed by atoms with E-state index in [0.717, 1.165) is 11.1 Å². The van der Waals surface area contributed by atoms with Crippen LogP contribution >= 0.6 is 0 Å². The summed E-state index contributed by atoms with van der Waals surface area (Å²) < 4.78 is 27.0. The van der Waals surface area contributed by atoms with Gasteiger partial charge in [-0.1, -0.05) is 47.1 Å². The Balaban J connectivity index is 1.51. The van der Waals surface area contributed by atoms with Crippen molar-refractivity contribution in [3.63, 3.8) is 0 Å². The van der Waals surface area contributed by atoms with E-state index in [9.17, 15) is 23.1 Å². The maximum Gasteiger partial charge on any atom is 0.323 e. The molecule has 1 aliphatic heterocycles. The molecule has 3 rings (SSSR count). The van der Waals surface area contributed by atoms with Gasteiger partial charge in [0.25, 0.3) is 0 Å². The van der Waals surface area contributed by atoms with Crippen molar-refractivity contribution in [2.24, 2.45) is 10.9 Å². The second-order valence-electron chi connectivity index (χ2n) is 7.79. The molecule has 2 aromatic carbocycles. The highest BCUT2D eigenvalue weighted by Gasteiger charge is 2.28. The Bertz CT molecular complexity index is 1210. The number of nitrogens with two attached hydrogens (primary N) is 1. The Labute approximate surface area is 196 Å². The number of amides is 1. The molecule has 0 saturated heterocycles. The fourth-order valence-electron chi connectivity index (χ4n) is 3.20. The van der Waals surface area contributed by atoms with Crippen LogP contribution in [-0.4, -0.2) is 55.6 Å². The maximum absolute atomic E-state index is 12.5. The van der Waals surface area contributed by atoms with Crippen molar-refractivity contribution in [3.8, 4) is 0 Å². The summed E-state index contributed by atoms with van der Waals surface area (Å²) in [6.07, 6.45) is -0.278. The van der Waals surface area contributed by atoms with Gasteiger partial charge in [-0.15, -0.1) is 0 Å². The van der Waals surface area contributed by atoms with E-state index < -0.39 is 40.6 Å². The third-order valence-corrected chi connectivity index (χ3v) is 6.59. The van der Waals surface area contributed by atoms with E-state index in [1.165, 1.54) is 12.1 Å². The van der Waals surface area contributed by atoms with Crippen LogP contribution in [-0.2, 0) is 24.4 Å². The lowest BCUT2D eigenvalue weighted by Crippen LogP contribution is -2.48. The Hall–Kier alpha value is -3.77. The topological polar surface area (TPSA) is 184 Å². The molecule has 11 nitrogen and oxygen atoms in total. The molecule has 0 bridgehead atoms. The van der Waals surface area contributed by atoms with Gasteiger partial charge < -0.3 is 21.0 Å². The van der Waals surface area contributed by atoms with Crippen molar-refractivity contribution >= 4 is 33.4 Å². The smallest absolute Gasteiger partial charge is 0.323 e. The molecular formula is C22H25N5O6S. The number of aryl methyl sites for hydroxylation is 1. The van der Waals surface area contributed by atoms with Gasteiger partial charge in [-0.2, -0.15) is 4.72 Å². The molecular weight excluding hydrogens is 462 g/mol. The summed E-state index contributed by atoms with van der Waals surface area (Å²) in [5.41, 5.74) is 8.27. The van der Waals surface area contributed by atoms with E-state index in [4.69, 9.17) is 16.0 Å². The summed E-state index contributed by atoms with van der Waals surface area (Å²) in [5, 5.41) is 23.2. The lowest BCUT2D eigenvalue weighted by molar-refractivity contribution is -0.138. The highest BCUT2D eigenvalue weighted by Crippen LogP contribution is 2.19. The van der Waals surface area contributed by atoms with Crippen LogP contribution in [0.3, 0.4) is 0 Å². The van der Waals surface area contributed by atoms with Gasteiger partial charge in [0.05, 0.1) is 17.0 Å². The Kier molecular flexibility index (Phi) is 7.64. The fourth-order valence-corrected chi connectivity index (χ4v) is 4.39.